The zero-order chi connectivity index (χ0) is 15.5. The average molecular weight is 290 g/mol. The van der Waals surface area contributed by atoms with Crippen LogP contribution in [0.1, 0.15) is 12.5 Å². The summed E-state index contributed by atoms with van der Waals surface area (Å²) in [6.45, 7) is 1.98. The number of benzene rings is 1. The highest BCUT2D eigenvalue weighted by atomic mass is 16.5. The quantitative estimate of drug-likeness (QED) is 0.393. The second kappa shape index (κ2) is 9.13. The van der Waals surface area contributed by atoms with Crippen molar-refractivity contribution in [1.82, 2.24) is 10.9 Å². The standard InChI is InChI=1S/C14H18N4O3/c1-2-21-13(19)10-16-8-12(9-17-18-14(15)20)11-6-4-3-5-7-11/h3-9,17H,2,10H2,1H3,(H3,15,18,20). The molecule has 21 heavy (non-hydrogen) atoms. The lowest BCUT2D eigenvalue weighted by molar-refractivity contribution is -0.141. The fourth-order valence-electron chi connectivity index (χ4n) is 1.44. The SMILES string of the molecule is CCOC(=O)CN=CC(=CNNC(N)=O)c1ccccc1. The summed E-state index contributed by atoms with van der Waals surface area (Å²) in [6.07, 6.45) is 3.04. The van der Waals surface area contributed by atoms with Crippen LogP contribution < -0.4 is 16.6 Å². The summed E-state index contributed by atoms with van der Waals surface area (Å²) in [5.74, 6) is -0.399. The Morgan fingerprint density at radius 2 is 2.05 bits per heavy atom. The van der Waals surface area contributed by atoms with Gasteiger partial charge < -0.3 is 15.9 Å². The molecule has 1 aromatic rings. The minimum absolute atomic E-state index is 0.0682. The van der Waals surface area contributed by atoms with Crippen molar-refractivity contribution in [2.75, 3.05) is 13.2 Å². The van der Waals surface area contributed by atoms with Gasteiger partial charge in [0.2, 0.25) is 0 Å². The maximum Gasteiger partial charge on any atom is 0.330 e. The largest absolute Gasteiger partial charge is 0.465 e. The third-order valence-electron chi connectivity index (χ3n) is 2.29. The Balaban J connectivity index is 2.75. The molecule has 0 spiro atoms. The first kappa shape index (κ1) is 16.2. The molecule has 0 radical (unpaired) electrons. The molecule has 0 aliphatic rings. The molecule has 0 aliphatic heterocycles. The topological polar surface area (TPSA) is 106 Å². The number of allylic oxidation sites excluding steroid dienone is 1. The number of urea groups is 1. The van der Waals surface area contributed by atoms with E-state index in [1.165, 1.54) is 12.4 Å². The summed E-state index contributed by atoms with van der Waals surface area (Å²) in [4.78, 5) is 25.8. The summed E-state index contributed by atoms with van der Waals surface area (Å²) < 4.78 is 4.78. The zero-order valence-electron chi connectivity index (χ0n) is 11.7. The minimum Gasteiger partial charge on any atom is -0.465 e. The first-order valence-electron chi connectivity index (χ1n) is 6.35. The van der Waals surface area contributed by atoms with E-state index in [4.69, 9.17) is 10.5 Å². The summed E-state index contributed by atoms with van der Waals surface area (Å²) in [7, 11) is 0. The van der Waals surface area contributed by atoms with Crippen molar-refractivity contribution in [1.29, 1.82) is 0 Å². The predicted molar refractivity (Wildman–Crippen MR) is 80.3 cm³/mol. The van der Waals surface area contributed by atoms with Crippen LogP contribution in [0.2, 0.25) is 0 Å². The predicted octanol–water partition coefficient (Wildman–Crippen LogP) is 0.834. The van der Waals surface area contributed by atoms with E-state index < -0.39 is 12.0 Å². The first-order valence-corrected chi connectivity index (χ1v) is 6.35. The molecular formula is C14H18N4O3. The molecule has 0 heterocycles. The molecule has 0 saturated heterocycles. The maximum absolute atomic E-state index is 11.2. The van der Waals surface area contributed by atoms with Crippen LogP contribution in [0.25, 0.3) is 5.57 Å². The van der Waals surface area contributed by atoms with E-state index in [9.17, 15) is 9.59 Å². The lowest BCUT2D eigenvalue weighted by Crippen LogP contribution is -2.38. The van der Waals surface area contributed by atoms with E-state index >= 15 is 0 Å². The number of nitrogens with two attached hydrogens (primary N) is 1. The Bertz CT molecular complexity index is 526. The Morgan fingerprint density at radius 1 is 1.33 bits per heavy atom. The summed E-state index contributed by atoms with van der Waals surface area (Å²) in [6, 6.07) is 8.64. The number of hydrogen-bond acceptors (Lipinski definition) is 5. The molecule has 7 nitrogen and oxygen atoms in total. The van der Waals surface area contributed by atoms with E-state index in [1.807, 2.05) is 30.3 Å². The number of rotatable bonds is 7. The van der Waals surface area contributed by atoms with Gasteiger partial charge in [0.15, 0.2) is 0 Å². The van der Waals surface area contributed by atoms with Crippen LogP contribution in [0.15, 0.2) is 41.5 Å². The molecule has 0 aliphatic carbocycles. The van der Waals surface area contributed by atoms with Gasteiger partial charge >= 0.3 is 12.0 Å². The van der Waals surface area contributed by atoms with Crippen LogP contribution in [-0.2, 0) is 9.53 Å². The lowest BCUT2D eigenvalue weighted by atomic mass is 10.1. The van der Waals surface area contributed by atoms with Crippen LogP contribution in [0.3, 0.4) is 0 Å². The first-order chi connectivity index (χ1) is 10.1. The number of hydrogen-bond donors (Lipinski definition) is 3. The van der Waals surface area contributed by atoms with E-state index in [-0.39, 0.29) is 6.54 Å². The number of carbonyl (C=O) groups excluding carboxylic acids is 2. The number of ether oxygens (including phenoxy) is 1. The van der Waals surface area contributed by atoms with E-state index in [0.717, 1.165) is 5.56 Å². The smallest absolute Gasteiger partial charge is 0.330 e. The van der Waals surface area contributed by atoms with Crippen molar-refractivity contribution in [3.05, 3.63) is 42.1 Å². The van der Waals surface area contributed by atoms with E-state index in [1.54, 1.807) is 6.92 Å². The fourth-order valence-corrected chi connectivity index (χ4v) is 1.44. The van der Waals surface area contributed by atoms with Gasteiger partial charge in [-0.15, -0.1) is 0 Å². The maximum atomic E-state index is 11.2. The number of nitrogens with zero attached hydrogens (tertiary/aromatic N) is 1. The van der Waals surface area contributed by atoms with Crippen molar-refractivity contribution >= 4 is 23.8 Å². The number of nitrogens with one attached hydrogen (secondary N) is 2. The second-order valence-corrected chi connectivity index (χ2v) is 3.87. The third kappa shape index (κ3) is 6.76. The molecule has 0 atom stereocenters. The molecular weight excluding hydrogens is 272 g/mol. The van der Waals surface area contributed by atoms with Gasteiger partial charge in [0, 0.05) is 18.0 Å². The summed E-state index contributed by atoms with van der Waals surface area (Å²) in [5, 5.41) is 0. The molecule has 0 fully saturated rings. The normalized spacial score (nSPS) is 11.2. The highest BCUT2D eigenvalue weighted by molar-refractivity contribution is 6.10. The fraction of sp³-hybridized carbons (Fsp3) is 0.214. The summed E-state index contributed by atoms with van der Waals surface area (Å²) in [5.41, 5.74) is 11.3. The number of hydrazine groups is 1. The van der Waals surface area contributed by atoms with Crippen molar-refractivity contribution < 1.29 is 14.3 Å². The average Bonchev–Trinajstić information content (AvgIpc) is 2.46. The number of carbonyl (C=O) groups is 2. The highest BCUT2D eigenvalue weighted by Gasteiger charge is 2.00. The van der Waals surface area contributed by atoms with Crippen molar-refractivity contribution in [3.8, 4) is 0 Å². The van der Waals surface area contributed by atoms with Crippen molar-refractivity contribution in [3.63, 3.8) is 0 Å². The minimum atomic E-state index is -0.706. The molecule has 1 rings (SSSR count). The van der Waals surface area contributed by atoms with Gasteiger partial charge in [-0.3, -0.25) is 15.2 Å². The highest BCUT2D eigenvalue weighted by Crippen LogP contribution is 2.10. The molecule has 0 bridgehead atoms. The molecule has 0 unspecified atom stereocenters. The Hall–Kier alpha value is -2.83. The van der Waals surface area contributed by atoms with Gasteiger partial charge in [0.1, 0.15) is 6.54 Å². The van der Waals surface area contributed by atoms with Crippen LogP contribution >= 0.6 is 0 Å². The van der Waals surface area contributed by atoms with E-state index in [2.05, 4.69) is 15.8 Å². The number of aliphatic imine (C=N–C) groups is 1. The Labute approximate surface area is 122 Å². The van der Waals surface area contributed by atoms with Crippen LogP contribution in [0.5, 0.6) is 0 Å². The zero-order valence-corrected chi connectivity index (χ0v) is 11.7. The van der Waals surface area contributed by atoms with Gasteiger partial charge in [-0.25, -0.2) is 4.79 Å². The van der Waals surface area contributed by atoms with Crippen LogP contribution in [0, 0.1) is 0 Å². The molecule has 112 valence electrons. The second-order valence-electron chi connectivity index (χ2n) is 3.87. The monoisotopic (exact) mass is 290 g/mol. The van der Waals surface area contributed by atoms with Crippen LogP contribution in [-0.4, -0.2) is 31.4 Å². The van der Waals surface area contributed by atoms with Gasteiger partial charge in [-0.1, -0.05) is 30.3 Å². The third-order valence-corrected chi connectivity index (χ3v) is 2.29. The molecule has 4 N–H and O–H groups in total. The number of primary amides is 1. The van der Waals surface area contributed by atoms with Gasteiger partial charge in [-0.2, -0.15) is 0 Å². The Kier molecular flexibility index (Phi) is 7.06. The van der Waals surface area contributed by atoms with Crippen molar-refractivity contribution in [2.45, 2.75) is 6.92 Å². The van der Waals surface area contributed by atoms with Gasteiger partial charge in [0.25, 0.3) is 0 Å². The van der Waals surface area contributed by atoms with Gasteiger partial charge in [0.05, 0.1) is 6.61 Å². The molecule has 0 aromatic heterocycles. The number of amides is 2. The lowest BCUT2D eigenvalue weighted by Gasteiger charge is -2.05. The van der Waals surface area contributed by atoms with Crippen molar-refractivity contribution in [2.24, 2.45) is 10.7 Å². The van der Waals surface area contributed by atoms with Crippen LogP contribution in [0.4, 0.5) is 4.79 Å². The molecule has 2 amide bonds. The molecule has 0 saturated carbocycles. The van der Waals surface area contributed by atoms with E-state index in [0.29, 0.717) is 12.2 Å². The Morgan fingerprint density at radius 3 is 2.67 bits per heavy atom. The van der Waals surface area contributed by atoms with Gasteiger partial charge in [-0.05, 0) is 12.5 Å². The number of esters is 1. The molecule has 7 heteroatoms. The summed E-state index contributed by atoms with van der Waals surface area (Å²) >= 11 is 0. The molecule has 1 aromatic carbocycles.